The largest absolute Gasteiger partial charge is 0.312 e. The summed E-state index contributed by atoms with van der Waals surface area (Å²) in [4.78, 5) is 7.00. The Balaban J connectivity index is 1.40. The average Bonchev–Trinajstić information content (AvgIpc) is 2.66. The molecule has 3 aliphatic heterocycles. The number of hydrogen-bond acceptors (Lipinski definition) is 3. The molecule has 0 unspecified atom stereocenters. The average molecular weight is 321 g/mol. The fraction of sp³-hybridized carbons (Fsp3) is 0.476. The summed E-state index contributed by atoms with van der Waals surface area (Å²) in [6.07, 6.45) is 8.84. The molecule has 2 aromatic rings. The van der Waals surface area contributed by atoms with Gasteiger partial charge in [-0.3, -0.25) is 9.88 Å². The number of piperidine rings is 3. The molecule has 0 radical (unpaired) electrons. The Morgan fingerprint density at radius 1 is 1.00 bits per heavy atom. The van der Waals surface area contributed by atoms with E-state index in [4.69, 9.17) is 0 Å². The molecule has 3 heteroatoms. The van der Waals surface area contributed by atoms with Gasteiger partial charge in [0.05, 0.1) is 0 Å². The van der Waals surface area contributed by atoms with Gasteiger partial charge in [0.2, 0.25) is 0 Å². The van der Waals surface area contributed by atoms with Crippen LogP contribution in [0.3, 0.4) is 0 Å². The maximum Gasteiger partial charge on any atom is 0.0300 e. The van der Waals surface area contributed by atoms with Gasteiger partial charge in [0.25, 0.3) is 0 Å². The number of nitrogens with one attached hydrogen (secondary N) is 1. The Kier molecular flexibility index (Phi) is 4.91. The Morgan fingerprint density at radius 3 is 2.54 bits per heavy atom. The lowest BCUT2D eigenvalue weighted by molar-refractivity contribution is 0.0137. The summed E-state index contributed by atoms with van der Waals surface area (Å²) < 4.78 is 0. The topological polar surface area (TPSA) is 28.2 Å². The predicted molar refractivity (Wildman–Crippen MR) is 98.0 cm³/mol. The summed E-state index contributed by atoms with van der Waals surface area (Å²) in [5, 5.41) is 3.91. The number of benzene rings is 1. The summed E-state index contributed by atoms with van der Waals surface area (Å²) >= 11 is 0. The zero-order valence-corrected chi connectivity index (χ0v) is 14.3. The number of hydrogen-bond donors (Lipinski definition) is 1. The number of aromatic nitrogens is 1. The Morgan fingerprint density at radius 2 is 1.79 bits per heavy atom. The lowest BCUT2D eigenvalue weighted by atomic mass is 9.77. The molecule has 0 saturated carbocycles. The van der Waals surface area contributed by atoms with Crippen LogP contribution in [-0.4, -0.2) is 41.6 Å². The van der Waals surface area contributed by atoms with E-state index < -0.39 is 0 Å². The molecule has 0 spiro atoms. The van der Waals surface area contributed by atoms with E-state index in [2.05, 4.69) is 57.7 Å². The van der Waals surface area contributed by atoms with Crippen molar-refractivity contribution >= 4 is 0 Å². The highest BCUT2D eigenvalue weighted by Crippen LogP contribution is 2.33. The first-order valence-corrected chi connectivity index (χ1v) is 9.30. The van der Waals surface area contributed by atoms with E-state index in [0.717, 1.165) is 25.3 Å². The van der Waals surface area contributed by atoms with Crippen molar-refractivity contribution in [1.29, 1.82) is 0 Å². The molecule has 1 N–H and O–H groups in total. The summed E-state index contributed by atoms with van der Waals surface area (Å²) in [5.41, 5.74) is 2.79. The van der Waals surface area contributed by atoms with Gasteiger partial charge < -0.3 is 5.32 Å². The minimum atomic E-state index is 0.622. The monoisotopic (exact) mass is 321 g/mol. The minimum Gasteiger partial charge on any atom is -0.312 e. The van der Waals surface area contributed by atoms with Crippen molar-refractivity contribution in [3.05, 3.63) is 66.0 Å². The van der Waals surface area contributed by atoms with E-state index in [1.54, 1.807) is 0 Å². The van der Waals surface area contributed by atoms with Crippen molar-refractivity contribution in [3.63, 3.8) is 0 Å². The van der Waals surface area contributed by atoms with Gasteiger partial charge in [-0.1, -0.05) is 36.4 Å². The Hall–Kier alpha value is -1.71. The van der Waals surface area contributed by atoms with Gasteiger partial charge in [0.1, 0.15) is 0 Å². The zero-order valence-electron chi connectivity index (χ0n) is 14.3. The predicted octanol–water partition coefficient (Wildman–Crippen LogP) is 2.92. The van der Waals surface area contributed by atoms with Crippen LogP contribution < -0.4 is 5.32 Å². The van der Waals surface area contributed by atoms with E-state index in [9.17, 15) is 0 Å². The second kappa shape index (κ2) is 7.45. The lowest BCUT2D eigenvalue weighted by Gasteiger charge is -2.51. The van der Waals surface area contributed by atoms with Crippen LogP contribution >= 0.6 is 0 Å². The number of fused-ring (bicyclic) bond motifs is 3. The molecular formula is C21H27N3. The van der Waals surface area contributed by atoms with Crippen molar-refractivity contribution in [3.8, 4) is 0 Å². The molecular weight excluding hydrogens is 294 g/mol. The standard InChI is InChI=1S/C21H27N3/c1-2-5-17(6-3-1)8-12-23-21-19-9-13-24(14-10-19)20(21)15-18-7-4-11-22-16-18/h1-7,11,16,19-21,23H,8-10,12-15H2/t20-,21+/m0/s1. The maximum absolute atomic E-state index is 4.30. The van der Waals surface area contributed by atoms with Crippen molar-refractivity contribution in [1.82, 2.24) is 15.2 Å². The highest BCUT2D eigenvalue weighted by molar-refractivity contribution is 5.16. The van der Waals surface area contributed by atoms with Crippen LogP contribution in [0, 0.1) is 5.92 Å². The second-order valence-electron chi connectivity index (χ2n) is 7.22. The quantitative estimate of drug-likeness (QED) is 0.887. The second-order valence-corrected chi connectivity index (χ2v) is 7.22. The lowest BCUT2D eigenvalue weighted by Crippen LogP contribution is -2.63. The molecule has 3 saturated heterocycles. The SMILES string of the molecule is c1ccc(CCN[C@@H]2C3CCN(CC3)[C@H]2Cc2cccnc2)cc1. The molecule has 1 aromatic heterocycles. The third-order valence-corrected chi connectivity index (χ3v) is 5.77. The molecule has 5 rings (SSSR count). The molecule has 0 aliphatic carbocycles. The number of rotatable bonds is 6. The smallest absolute Gasteiger partial charge is 0.0300 e. The van der Waals surface area contributed by atoms with E-state index in [-0.39, 0.29) is 0 Å². The third-order valence-electron chi connectivity index (χ3n) is 5.77. The molecule has 3 fully saturated rings. The van der Waals surface area contributed by atoms with Crippen LogP contribution in [-0.2, 0) is 12.8 Å². The normalized spacial score (nSPS) is 28.8. The van der Waals surface area contributed by atoms with Crippen LogP contribution in [0.2, 0.25) is 0 Å². The molecule has 2 atom stereocenters. The first-order valence-electron chi connectivity index (χ1n) is 9.30. The molecule has 3 nitrogen and oxygen atoms in total. The van der Waals surface area contributed by atoms with Crippen LogP contribution in [0.1, 0.15) is 24.0 Å². The van der Waals surface area contributed by atoms with Gasteiger partial charge in [-0.05, 0) is 68.4 Å². The summed E-state index contributed by atoms with van der Waals surface area (Å²) in [6.45, 7) is 3.61. The number of pyridine rings is 1. The first kappa shape index (κ1) is 15.8. The van der Waals surface area contributed by atoms with Crippen LogP contribution in [0.25, 0.3) is 0 Å². The molecule has 1 aromatic carbocycles. The molecule has 126 valence electrons. The molecule has 24 heavy (non-hydrogen) atoms. The third kappa shape index (κ3) is 3.52. The Labute approximate surface area is 145 Å². The number of nitrogens with zero attached hydrogens (tertiary/aromatic N) is 2. The molecule has 3 aliphatic rings. The Bertz CT molecular complexity index is 620. The van der Waals surface area contributed by atoms with Gasteiger partial charge in [-0.15, -0.1) is 0 Å². The van der Waals surface area contributed by atoms with Crippen LogP contribution in [0.5, 0.6) is 0 Å². The molecule has 0 amide bonds. The van der Waals surface area contributed by atoms with E-state index in [1.807, 2.05) is 12.4 Å². The molecule has 2 bridgehead atoms. The highest BCUT2D eigenvalue weighted by Gasteiger charge is 2.41. The van der Waals surface area contributed by atoms with Gasteiger partial charge in [0.15, 0.2) is 0 Å². The van der Waals surface area contributed by atoms with Gasteiger partial charge >= 0.3 is 0 Å². The first-order chi connectivity index (χ1) is 11.9. The fourth-order valence-electron chi connectivity index (χ4n) is 4.50. The van der Waals surface area contributed by atoms with Crippen molar-refractivity contribution in [2.75, 3.05) is 19.6 Å². The van der Waals surface area contributed by atoms with E-state index in [1.165, 1.54) is 37.1 Å². The summed E-state index contributed by atoms with van der Waals surface area (Å²) in [6, 6.07) is 16.3. The highest BCUT2D eigenvalue weighted by atomic mass is 15.2. The van der Waals surface area contributed by atoms with Crippen molar-refractivity contribution in [2.45, 2.75) is 37.8 Å². The van der Waals surface area contributed by atoms with Gasteiger partial charge in [-0.2, -0.15) is 0 Å². The maximum atomic E-state index is 4.30. The van der Waals surface area contributed by atoms with Crippen LogP contribution in [0.15, 0.2) is 54.9 Å². The molecule has 4 heterocycles. The van der Waals surface area contributed by atoms with Crippen molar-refractivity contribution in [2.24, 2.45) is 5.92 Å². The van der Waals surface area contributed by atoms with Crippen molar-refractivity contribution < 1.29 is 0 Å². The summed E-state index contributed by atoms with van der Waals surface area (Å²) in [5.74, 6) is 0.840. The van der Waals surface area contributed by atoms with E-state index >= 15 is 0 Å². The van der Waals surface area contributed by atoms with E-state index in [0.29, 0.717) is 12.1 Å². The zero-order chi connectivity index (χ0) is 16.2. The van der Waals surface area contributed by atoms with Gasteiger partial charge in [0, 0.05) is 24.5 Å². The minimum absolute atomic E-state index is 0.622. The van der Waals surface area contributed by atoms with Crippen LogP contribution in [0.4, 0.5) is 0 Å². The van der Waals surface area contributed by atoms with Gasteiger partial charge in [-0.25, -0.2) is 0 Å². The summed E-state index contributed by atoms with van der Waals surface area (Å²) in [7, 11) is 0. The fourth-order valence-corrected chi connectivity index (χ4v) is 4.50.